The number of nitrogens with zero attached hydrogens (tertiary/aromatic N) is 1. The van der Waals surface area contributed by atoms with Crippen LogP contribution in [0.1, 0.15) is 47.2 Å². The van der Waals surface area contributed by atoms with E-state index in [0.717, 1.165) is 4.88 Å². The van der Waals surface area contributed by atoms with Crippen molar-refractivity contribution in [3.05, 3.63) is 15.8 Å². The molecule has 0 spiro atoms. The smallest absolute Gasteiger partial charge is 0.349 e. The van der Waals surface area contributed by atoms with Crippen LogP contribution in [-0.2, 0) is 0 Å². The number of ether oxygens (including phenoxy) is 1. The maximum Gasteiger partial charge on any atom is 0.349 e. The average molecular weight is 253 g/mol. The van der Waals surface area contributed by atoms with Gasteiger partial charge in [-0.05, 0) is 18.4 Å². The predicted octanol–water partition coefficient (Wildman–Crippen LogP) is 3.25. The van der Waals surface area contributed by atoms with Crippen molar-refractivity contribution in [2.24, 2.45) is 0 Å². The molecule has 4 nitrogen and oxygen atoms in total. The summed E-state index contributed by atoms with van der Waals surface area (Å²) in [6.45, 7) is 4.40. The van der Waals surface area contributed by atoms with Crippen LogP contribution in [0.3, 0.4) is 0 Å². The molecule has 0 aromatic carbocycles. The third-order valence-electron chi connectivity index (χ3n) is 2.17. The van der Waals surface area contributed by atoms with E-state index in [4.69, 9.17) is 15.1 Å². The van der Waals surface area contributed by atoms with E-state index >= 15 is 0 Å². The first-order valence-electron chi connectivity index (χ1n) is 5.43. The van der Waals surface area contributed by atoms with E-state index in [2.05, 4.69) is 0 Å². The van der Waals surface area contributed by atoms with Gasteiger partial charge in [-0.2, -0.15) is 5.26 Å². The Hall–Kier alpha value is -1.54. The standard InChI is InChI=1S/C12H15NO3S/c1-8(2)10-7-9(11(17-10)12(14)15)16-6-4-3-5-13/h7-8H,3-4,6H2,1-2H3,(H,14,15). The third-order valence-corrected chi connectivity index (χ3v) is 3.58. The molecule has 0 aliphatic rings. The Labute approximate surface area is 104 Å². The number of aromatic carboxylic acids is 1. The Morgan fingerprint density at radius 1 is 1.65 bits per heavy atom. The molecular weight excluding hydrogens is 238 g/mol. The molecule has 0 radical (unpaired) electrons. The summed E-state index contributed by atoms with van der Waals surface area (Å²) in [6.07, 6.45) is 1.03. The Kier molecular flexibility index (Phi) is 4.98. The summed E-state index contributed by atoms with van der Waals surface area (Å²) in [6, 6.07) is 3.80. The Morgan fingerprint density at radius 2 is 2.35 bits per heavy atom. The topological polar surface area (TPSA) is 70.3 Å². The Morgan fingerprint density at radius 3 is 2.88 bits per heavy atom. The molecule has 5 heteroatoms. The minimum absolute atomic E-state index is 0.241. The fraction of sp³-hybridized carbons (Fsp3) is 0.500. The van der Waals surface area contributed by atoms with Crippen molar-refractivity contribution in [1.82, 2.24) is 0 Å². The molecule has 0 aliphatic carbocycles. The van der Waals surface area contributed by atoms with Crippen molar-refractivity contribution < 1.29 is 14.6 Å². The highest BCUT2D eigenvalue weighted by molar-refractivity contribution is 7.14. The highest BCUT2D eigenvalue weighted by Crippen LogP contribution is 2.33. The molecule has 1 rings (SSSR count). The number of nitriles is 1. The van der Waals surface area contributed by atoms with Crippen LogP contribution >= 0.6 is 11.3 Å². The summed E-state index contributed by atoms with van der Waals surface area (Å²) in [7, 11) is 0. The van der Waals surface area contributed by atoms with E-state index in [1.54, 1.807) is 6.07 Å². The molecule has 1 aromatic heterocycles. The first kappa shape index (κ1) is 13.5. The maximum absolute atomic E-state index is 11.0. The Balaban J connectivity index is 2.75. The van der Waals surface area contributed by atoms with Crippen molar-refractivity contribution in [3.8, 4) is 11.8 Å². The fourth-order valence-corrected chi connectivity index (χ4v) is 2.21. The van der Waals surface area contributed by atoms with Crippen LogP contribution < -0.4 is 4.74 Å². The SMILES string of the molecule is CC(C)c1cc(OCCCC#N)c(C(=O)O)s1. The zero-order valence-corrected chi connectivity index (χ0v) is 10.7. The molecule has 0 saturated carbocycles. The molecule has 0 amide bonds. The molecule has 92 valence electrons. The van der Waals surface area contributed by atoms with Crippen molar-refractivity contribution in [2.75, 3.05) is 6.61 Å². The number of rotatable bonds is 6. The van der Waals surface area contributed by atoms with E-state index in [0.29, 0.717) is 25.2 Å². The van der Waals surface area contributed by atoms with Crippen LogP contribution in [-0.4, -0.2) is 17.7 Å². The average Bonchev–Trinajstić information content (AvgIpc) is 2.68. The largest absolute Gasteiger partial charge is 0.492 e. The Bertz CT molecular complexity index is 431. The van der Waals surface area contributed by atoms with Gasteiger partial charge in [-0.1, -0.05) is 13.8 Å². The fourth-order valence-electron chi connectivity index (χ4n) is 1.27. The molecule has 0 unspecified atom stereocenters. The normalized spacial score (nSPS) is 10.2. The monoisotopic (exact) mass is 253 g/mol. The van der Waals surface area contributed by atoms with Crippen molar-refractivity contribution in [1.29, 1.82) is 5.26 Å². The summed E-state index contributed by atoms with van der Waals surface area (Å²) in [5, 5.41) is 17.4. The quantitative estimate of drug-likeness (QED) is 0.790. The molecule has 17 heavy (non-hydrogen) atoms. The molecule has 0 atom stereocenters. The summed E-state index contributed by atoms with van der Waals surface area (Å²) in [5.74, 6) is -0.254. The summed E-state index contributed by atoms with van der Waals surface area (Å²) in [5.41, 5.74) is 0. The van der Waals surface area contributed by atoms with Crippen molar-refractivity contribution in [2.45, 2.75) is 32.6 Å². The van der Waals surface area contributed by atoms with Crippen LogP contribution in [0, 0.1) is 11.3 Å². The van der Waals surface area contributed by atoms with Crippen LogP contribution in [0.5, 0.6) is 5.75 Å². The van der Waals surface area contributed by atoms with E-state index in [9.17, 15) is 4.79 Å². The zero-order valence-electron chi connectivity index (χ0n) is 9.90. The highest BCUT2D eigenvalue weighted by Gasteiger charge is 2.17. The molecular formula is C12H15NO3S. The number of carbonyl (C=O) groups is 1. The van der Waals surface area contributed by atoms with Crippen molar-refractivity contribution in [3.63, 3.8) is 0 Å². The van der Waals surface area contributed by atoms with Crippen LogP contribution in [0.25, 0.3) is 0 Å². The van der Waals surface area contributed by atoms with Crippen molar-refractivity contribution >= 4 is 17.3 Å². The molecule has 1 N–H and O–H groups in total. The van der Waals surface area contributed by atoms with Gasteiger partial charge in [0.05, 0.1) is 12.7 Å². The number of unbranched alkanes of at least 4 members (excludes halogenated alkanes) is 1. The number of carboxylic acids is 1. The molecule has 1 aromatic rings. The molecule has 0 fully saturated rings. The van der Waals surface area contributed by atoms with E-state index < -0.39 is 5.97 Å². The lowest BCUT2D eigenvalue weighted by atomic mass is 10.2. The highest BCUT2D eigenvalue weighted by atomic mass is 32.1. The van der Waals surface area contributed by atoms with Gasteiger partial charge < -0.3 is 9.84 Å². The van der Waals surface area contributed by atoms with Crippen LogP contribution in [0.4, 0.5) is 0 Å². The van der Waals surface area contributed by atoms with Gasteiger partial charge in [-0.3, -0.25) is 0 Å². The van der Waals surface area contributed by atoms with Gasteiger partial charge in [0.2, 0.25) is 0 Å². The number of hydrogen-bond donors (Lipinski definition) is 1. The third kappa shape index (κ3) is 3.75. The van der Waals surface area contributed by atoms with Gasteiger partial charge in [0.25, 0.3) is 0 Å². The number of carboxylic acid groups (broad SMARTS) is 1. The molecule has 1 heterocycles. The summed E-state index contributed by atoms with van der Waals surface area (Å²) >= 11 is 1.25. The van der Waals surface area contributed by atoms with E-state index in [-0.39, 0.29) is 10.8 Å². The predicted molar refractivity (Wildman–Crippen MR) is 65.7 cm³/mol. The maximum atomic E-state index is 11.0. The second-order valence-electron chi connectivity index (χ2n) is 3.91. The van der Waals surface area contributed by atoms with Gasteiger partial charge in [-0.25, -0.2) is 4.79 Å². The van der Waals surface area contributed by atoms with Gasteiger partial charge >= 0.3 is 5.97 Å². The molecule has 0 saturated heterocycles. The lowest BCUT2D eigenvalue weighted by Crippen LogP contribution is -2.01. The first-order valence-corrected chi connectivity index (χ1v) is 6.24. The lowest BCUT2D eigenvalue weighted by molar-refractivity contribution is 0.0698. The van der Waals surface area contributed by atoms with Gasteiger partial charge in [0, 0.05) is 11.3 Å². The first-order chi connectivity index (χ1) is 8.06. The van der Waals surface area contributed by atoms with E-state index in [1.165, 1.54) is 11.3 Å². The number of hydrogen-bond acceptors (Lipinski definition) is 4. The minimum Gasteiger partial charge on any atom is -0.492 e. The molecule has 0 aliphatic heterocycles. The zero-order chi connectivity index (χ0) is 12.8. The van der Waals surface area contributed by atoms with Crippen LogP contribution in [0.2, 0.25) is 0 Å². The minimum atomic E-state index is -0.961. The lowest BCUT2D eigenvalue weighted by Gasteiger charge is -2.02. The summed E-state index contributed by atoms with van der Waals surface area (Å²) in [4.78, 5) is 12.3. The summed E-state index contributed by atoms with van der Waals surface area (Å²) < 4.78 is 5.41. The van der Waals surface area contributed by atoms with Gasteiger partial charge in [-0.15, -0.1) is 11.3 Å². The van der Waals surface area contributed by atoms with Gasteiger partial charge in [0.15, 0.2) is 4.88 Å². The van der Waals surface area contributed by atoms with Crippen LogP contribution in [0.15, 0.2) is 6.07 Å². The van der Waals surface area contributed by atoms with Gasteiger partial charge in [0.1, 0.15) is 5.75 Å². The number of thiophene rings is 1. The second kappa shape index (κ2) is 6.26. The molecule has 0 bridgehead atoms. The van der Waals surface area contributed by atoms with E-state index in [1.807, 2.05) is 19.9 Å². The second-order valence-corrected chi connectivity index (χ2v) is 5.00.